The van der Waals surface area contributed by atoms with Crippen LogP contribution in [0, 0.1) is 0 Å². The molecule has 0 bridgehead atoms. The summed E-state index contributed by atoms with van der Waals surface area (Å²) in [5.74, 6) is -0.265. The van der Waals surface area contributed by atoms with Crippen LogP contribution in [0.1, 0.15) is 26.3 Å². The van der Waals surface area contributed by atoms with Gasteiger partial charge in [0.25, 0.3) is 0 Å². The molecule has 0 amide bonds. The summed E-state index contributed by atoms with van der Waals surface area (Å²) in [6, 6.07) is 14.2. The number of thiol groups is 1. The Morgan fingerprint density at radius 3 is 2.00 bits per heavy atom. The second-order valence-electron chi connectivity index (χ2n) is 4.31. The predicted octanol–water partition coefficient (Wildman–Crippen LogP) is 3.44. The summed E-state index contributed by atoms with van der Waals surface area (Å²) in [6.45, 7) is 0. The van der Waals surface area contributed by atoms with Gasteiger partial charge in [-0.2, -0.15) is 0 Å². The second-order valence-corrected chi connectivity index (χ2v) is 4.80. The highest BCUT2D eigenvalue weighted by Crippen LogP contribution is 2.30. The van der Waals surface area contributed by atoms with Crippen LogP contribution in [-0.4, -0.2) is 11.6 Å². The van der Waals surface area contributed by atoms with E-state index in [1.165, 1.54) is 6.08 Å². The van der Waals surface area contributed by atoms with Gasteiger partial charge in [-0.25, -0.2) is 0 Å². The van der Waals surface area contributed by atoms with Crippen LogP contribution in [0.2, 0.25) is 0 Å². The van der Waals surface area contributed by atoms with Crippen LogP contribution >= 0.6 is 12.6 Å². The Balaban J connectivity index is 2.19. The van der Waals surface area contributed by atoms with Gasteiger partial charge >= 0.3 is 0 Å². The normalized spacial score (nSPS) is 14.1. The Kier molecular flexibility index (Phi) is 2.84. The van der Waals surface area contributed by atoms with Crippen molar-refractivity contribution in [2.24, 2.45) is 0 Å². The molecule has 0 fully saturated rings. The Morgan fingerprint density at radius 2 is 1.32 bits per heavy atom. The zero-order valence-electron chi connectivity index (χ0n) is 9.96. The fourth-order valence-corrected chi connectivity index (χ4v) is 2.50. The number of Topliss-reactive ketones (excluding diaryl/α,β-unsaturated/α-hetero) is 1. The number of hydrogen-bond donors (Lipinski definition) is 1. The number of hydrogen-bond acceptors (Lipinski definition) is 3. The second kappa shape index (κ2) is 4.52. The van der Waals surface area contributed by atoms with Crippen molar-refractivity contribution >= 4 is 29.8 Å². The van der Waals surface area contributed by atoms with Crippen molar-refractivity contribution in [1.82, 2.24) is 0 Å². The molecule has 19 heavy (non-hydrogen) atoms. The summed E-state index contributed by atoms with van der Waals surface area (Å²) in [5.41, 5.74) is 2.03. The van der Waals surface area contributed by atoms with E-state index in [1.54, 1.807) is 36.4 Å². The largest absolute Gasteiger partial charge is 0.289 e. The SMILES string of the molecule is O=C1C=C(c2ccccc2S)C(=O)c2ccccc21. The van der Waals surface area contributed by atoms with Crippen LogP contribution in [0.4, 0.5) is 0 Å². The molecule has 92 valence electrons. The molecule has 0 spiro atoms. The summed E-state index contributed by atoms with van der Waals surface area (Å²) in [7, 11) is 0. The minimum atomic E-state index is -0.137. The minimum absolute atomic E-state index is 0.128. The van der Waals surface area contributed by atoms with E-state index in [0.717, 1.165) is 0 Å². The van der Waals surface area contributed by atoms with Crippen LogP contribution in [0.5, 0.6) is 0 Å². The molecular weight excluding hydrogens is 256 g/mol. The molecule has 0 unspecified atom stereocenters. The van der Waals surface area contributed by atoms with E-state index in [0.29, 0.717) is 27.2 Å². The lowest BCUT2D eigenvalue weighted by atomic mass is 9.86. The van der Waals surface area contributed by atoms with Gasteiger partial charge in [0.2, 0.25) is 0 Å². The highest BCUT2D eigenvalue weighted by atomic mass is 32.1. The average Bonchev–Trinajstić information content (AvgIpc) is 2.44. The van der Waals surface area contributed by atoms with Crippen LogP contribution in [0.15, 0.2) is 59.5 Å². The fraction of sp³-hybridized carbons (Fsp3) is 0. The van der Waals surface area contributed by atoms with E-state index < -0.39 is 0 Å². The van der Waals surface area contributed by atoms with Crippen LogP contribution in [-0.2, 0) is 0 Å². The molecule has 0 aromatic heterocycles. The van der Waals surface area contributed by atoms with Gasteiger partial charge in [0, 0.05) is 21.6 Å². The summed E-state index contributed by atoms with van der Waals surface area (Å²) >= 11 is 4.34. The standard InChI is InChI=1S/C16H10O2S/c17-14-9-13(11-6-3-4-8-15(11)19)16(18)12-7-2-1-5-10(12)14/h1-9,19H. The number of fused-ring (bicyclic) bond motifs is 1. The van der Waals surface area contributed by atoms with Crippen molar-refractivity contribution in [3.8, 4) is 0 Å². The van der Waals surface area contributed by atoms with E-state index in [-0.39, 0.29) is 11.6 Å². The molecule has 3 heteroatoms. The van der Waals surface area contributed by atoms with Crippen molar-refractivity contribution in [1.29, 1.82) is 0 Å². The number of benzene rings is 2. The number of rotatable bonds is 1. The lowest BCUT2D eigenvalue weighted by Gasteiger charge is -2.16. The molecule has 0 aliphatic heterocycles. The minimum Gasteiger partial charge on any atom is -0.289 e. The van der Waals surface area contributed by atoms with E-state index in [4.69, 9.17) is 0 Å². The van der Waals surface area contributed by atoms with Crippen LogP contribution in [0.25, 0.3) is 5.57 Å². The first kappa shape index (κ1) is 11.9. The Hall–Kier alpha value is -2.13. The summed E-state index contributed by atoms with van der Waals surface area (Å²) in [5, 5.41) is 0. The molecule has 2 aromatic carbocycles. The first-order valence-corrected chi connectivity index (χ1v) is 6.31. The quantitative estimate of drug-likeness (QED) is 0.802. The van der Waals surface area contributed by atoms with E-state index in [9.17, 15) is 9.59 Å². The summed E-state index contributed by atoms with van der Waals surface area (Å²) in [6.07, 6.45) is 1.40. The van der Waals surface area contributed by atoms with Crippen molar-refractivity contribution in [2.75, 3.05) is 0 Å². The molecule has 1 aliphatic carbocycles. The predicted molar refractivity (Wildman–Crippen MR) is 76.8 cm³/mol. The topological polar surface area (TPSA) is 34.1 Å². The molecule has 2 aromatic rings. The van der Waals surface area contributed by atoms with Gasteiger partial charge in [-0.3, -0.25) is 9.59 Å². The van der Waals surface area contributed by atoms with E-state index in [1.807, 2.05) is 12.1 Å². The van der Waals surface area contributed by atoms with Crippen molar-refractivity contribution in [3.63, 3.8) is 0 Å². The maximum atomic E-state index is 12.5. The van der Waals surface area contributed by atoms with Gasteiger partial charge in [-0.1, -0.05) is 42.5 Å². The van der Waals surface area contributed by atoms with E-state index >= 15 is 0 Å². The molecule has 0 saturated carbocycles. The summed E-state index contributed by atoms with van der Waals surface area (Å²) in [4.78, 5) is 25.2. The molecule has 0 radical (unpaired) electrons. The lowest BCUT2D eigenvalue weighted by Crippen LogP contribution is -2.16. The van der Waals surface area contributed by atoms with Crippen LogP contribution < -0.4 is 0 Å². The molecule has 2 nitrogen and oxygen atoms in total. The van der Waals surface area contributed by atoms with Gasteiger partial charge in [0.1, 0.15) is 0 Å². The van der Waals surface area contributed by atoms with Gasteiger partial charge in [0.15, 0.2) is 11.6 Å². The highest BCUT2D eigenvalue weighted by molar-refractivity contribution is 7.80. The first-order chi connectivity index (χ1) is 9.18. The monoisotopic (exact) mass is 266 g/mol. The first-order valence-electron chi connectivity index (χ1n) is 5.86. The maximum absolute atomic E-state index is 12.5. The Bertz CT molecular complexity index is 729. The third-order valence-corrected chi connectivity index (χ3v) is 3.54. The Labute approximate surface area is 116 Å². The van der Waals surface area contributed by atoms with Gasteiger partial charge in [-0.15, -0.1) is 12.6 Å². The molecule has 0 heterocycles. The molecular formula is C16H10O2S. The van der Waals surface area contributed by atoms with Crippen molar-refractivity contribution < 1.29 is 9.59 Å². The van der Waals surface area contributed by atoms with Crippen molar-refractivity contribution in [3.05, 3.63) is 71.3 Å². The fourth-order valence-electron chi connectivity index (χ4n) is 2.22. The number of allylic oxidation sites excluding steroid dienone is 2. The molecule has 1 aliphatic rings. The zero-order valence-corrected chi connectivity index (χ0v) is 10.9. The number of ketones is 2. The highest BCUT2D eigenvalue weighted by Gasteiger charge is 2.26. The smallest absolute Gasteiger partial charge is 0.194 e. The third-order valence-electron chi connectivity index (χ3n) is 3.15. The third kappa shape index (κ3) is 1.92. The zero-order chi connectivity index (χ0) is 13.4. The lowest BCUT2D eigenvalue weighted by molar-refractivity contribution is 0.100. The average molecular weight is 266 g/mol. The molecule has 0 N–H and O–H groups in total. The molecule has 0 atom stereocenters. The van der Waals surface area contributed by atoms with Gasteiger partial charge in [0.05, 0.1) is 0 Å². The molecule has 3 rings (SSSR count). The number of carbonyl (C=O) groups is 2. The van der Waals surface area contributed by atoms with Gasteiger partial charge < -0.3 is 0 Å². The van der Waals surface area contributed by atoms with E-state index in [2.05, 4.69) is 12.6 Å². The van der Waals surface area contributed by atoms with Crippen LogP contribution in [0.3, 0.4) is 0 Å². The number of carbonyl (C=O) groups excluding carboxylic acids is 2. The van der Waals surface area contributed by atoms with Crippen molar-refractivity contribution in [2.45, 2.75) is 4.90 Å². The summed E-state index contributed by atoms with van der Waals surface area (Å²) < 4.78 is 0. The Morgan fingerprint density at radius 1 is 0.737 bits per heavy atom. The maximum Gasteiger partial charge on any atom is 0.194 e. The molecule has 0 saturated heterocycles. The van der Waals surface area contributed by atoms with Gasteiger partial charge in [-0.05, 0) is 17.7 Å².